The molecular weight excluding hydrogens is 325 g/mol. The summed E-state index contributed by atoms with van der Waals surface area (Å²) in [5.74, 6) is 1.35. The number of rotatable bonds is 8. The zero-order valence-electron chi connectivity index (χ0n) is 12.9. The average molecular weight is 348 g/mol. The first-order valence-electron chi connectivity index (χ1n) is 7.18. The molecule has 1 atom stereocenters. The van der Waals surface area contributed by atoms with Gasteiger partial charge in [-0.2, -0.15) is 0 Å². The Hall–Kier alpha value is -1.17. The second kappa shape index (κ2) is 9.77. The third kappa shape index (κ3) is 7.20. The highest BCUT2D eigenvalue weighted by Crippen LogP contribution is 2.31. The lowest BCUT2D eigenvalue weighted by atomic mass is 10.1. The third-order valence-corrected chi connectivity index (χ3v) is 3.65. The molecule has 0 aromatic heterocycles. The van der Waals surface area contributed by atoms with Crippen LogP contribution in [0.1, 0.15) is 20.3 Å². The number of nitrogens with one attached hydrogen (secondary N) is 1. The quantitative estimate of drug-likeness (QED) is 0.498. The van der Waals surface area contributed by atoms with Crippen molar-refractivity contribution in [2.75, 3.05) is 19.7 Å². The summed E-state index contributed by atoms with van der Waals surface area (Å²) in [6, 6.07) is 5.08. The van der Waals surface area contributed by atoms with Gasteiger partial charge in [-0.1, -0.05) is 43.1 Å². The van der Waals surface area contributed by atoms with Crippen LogP contribution in [0, 0.1) is 5.92 Å². The molecule has 0 aliphatic heterocycles. The highest BCUT2D eigenvalue weighted by molar-refractivity contribution is 6.42. The van der Waals surface area contributed by atoms with Gasteiger partial charge >= 0.3 is 0 Å². The van der Waals surface area contributed by atoms with E-state index in [0.717, 1.165) is 13.0 Å². The number of guanidine groups is 1. The summed E-state index contributed by atoms with van der Waals surface area (Å²) in [5.41, 5.74) is 5.71. The number of hydrogen-bond donors (Lipinski definition) is 3. The molecule has 0 amide bonds. The molecule has 0 bridgehead atoms. The van der Waals surface area contributed by atoms with Crippen LogP contribution in [0.25, 0.3) is 0 Å². The van der Waals surface area contributed by atoms with E-state index in [1.54, 1.807) is 18.2 Å². The monoisotopic (exact) mass is 347 g/mol. The molecule has 1 aromatic carbocycles. The van der Waals surface area contributed by atoms with Crippen LogP contribution in [-0.4, -0.2) is 36.9 Å². The van der Waals surface area contributed by atoms with E-state index in [1.165, 1.54) is 0 Å². The first-order valence-corrected chi connectivity index (χ1v) is 7.94. The number of halogens is 2. The normalized spacial score (nSPS) is 13.3. The van der Waals surface area contributed by atoms with E-state index < -0.39 is 6.10 Å². The number of aliphatic hydroxyl groups excluding tert-OH is 1. The van der Waals surface area contributed by atoms with Crippen molar-refractivity contribution in [2.24, 2.45) is 16.6 Å². The molecule has 1 aromatic rings. The molecule has 5 nitrogen and oxygen atoms in total. The third-order valence-electron chi connectivity index (χ3n) is 2.85. The number of benzene rings is 1. The molecule has 7 heteroatoms. The zero-order valence-corrected chi connectivity index (χ0v) is 14.4. The van der Waals surface area contributed by atoms with Crippen LogP contribution >= 0.6 is 23.2 Å². The molecule has 4 N–H and O–H groups in total. The minimum absolute atomic E-state index is 0.0584. The van der Waals surface area contributed by atoms with Crippen LogP contribution in [0.2, 0.25) is 10.0 Å². The summed E-state index contributed by atoms with van der Waals surface area (Å²) in [4.78, 5) is 4.07. The Labute approximate surface area is 141 Å². The molecule has 0 spiro atoms. The van der Waals surface area contributed by atoms with Crippen molar-refractivity contribution in [3.8, 4) is 5.75 Å². The number of nitrogens with zero attached hydrogens (tertiary/aromatic N) is 1. The summed E-state index contributed by atoms with van der Waals surface area (Å²) in [7, 11) is 0. The van der Waals surface area contributed by atoms with E-state index in [0.29, 0.717) is 27.7 Å². The molecule has 22 heavy (non-hydrogen) atoms. The van der Waals surface area contributed by atoms with E-state index in [4.69, 9.17) is 33.7 Å². The number of nitrogens with two attached hydrogens (primary N) is 1. The standard InChI is InChI=1S/C15H23Cl2N3O2/c1-10(2)6-7-19-15(18)20-8-11(21)9-22-13-5-3-4-12(16)14(13)17/h3-5,10-11,21H,6-9H2,1-2H3,(H3,18,19,20). The molecule has 0 radical (unpaired) electrons. The maximum absolute atomic E-state index is 9.84. The Balaban J connectivity index is 2.33. The second-order valence-electron chi connectivity index (χ2n) is 5.35. The summed E-state index contributed by atoms with van der Waals surface area (Å²) < 4.78 is 5.43. The van der Waals surface area contributed by atoms with Gasteiger partial charge in [-0.05, 0) is 24.5 Å². The van der Waals surface area contributed by atoms with Crippen molar-refractivity contribution in [2.45, 2.75) is 26.4 Å². The second-order valence-corrected chi connectivity index (χ2v) is 6.14. The molecule has 1 rings (SSSR count). The van der Waals surface area contributed by atoms with Crippen molar-refractivity contribution >= 4 is 29.2 Å². The zero-order chi connectivity index (χ0) is 16.5. The van der Waals surface area contributed by atoms with E-state index >= 15 is 0 Å². The van der Waals surface area contributed by atoms with Crippen LogP contribution in [0.4, 0.5) is 0 Å². The molecule has 124 valence electrons. The number of hydrogen-bond acceptors (Lipinski definition) is 3. The fraction of sp³-hybridized carbons (Fsp3) is 0.533. The summed E-state index contributed by atoms with van der Waals surface area (Å²) in [6.45, 7) is 5.24. The molecule has 0 saturated carbocycles. The fourth-order valence-electron chi connectivity index (χ4n) is 1.58. The number of ether oxygens (including phenoxy) is 1. The van der Waals surface area contributed by atoms with Crippen LogP contribution in [0.5, 0.6) is 5.75 Å². The molecule has 0 aliphatic carbocycles. The Morgan fingerprint density at radius 1 is 1.41 bits per heavy atom. The predicted octanol–water partition coefficient (Wildman–Crippen LogP) is 2.68. The van der Waals surface area contributed by atoms with Gasteiger partial charge in [0.25, 0.3) is 0 Å². The van der Waals surface area contributed by atoms with Gasteiger partial charge in [0.1, 0.15) is 23.5 Å². The van der Waals surface area contributed by atoms with Crippen LogP contribution in [-0.2, 0) is 0 Å². The van der Waals surface area contributed by atoms with Crippen LogP contribution < -0.4 is 15.8 Å². The minimum Gasteiger partial charge on any atom is -0.489 e. The molecular formula is C15H23Cl2N3O2. The van der Waals surface area contributed by atoms with E-state index in [2.05, 4.69) is 24.2 Å². The fourth-order valence-corrected chi connectivity index (χ4v) is 1.93. The van der Waals surface area contributed by atoms with Gasteiger partial charge in [0, 0.05) is 6.54 Å². The lowest BCUT2D eigenvalue weighted by molar-refractivity contribution is 0.114. The maximum Gasteiger partial charge on any atom is 0.188 e. The molecule has 0 aliphatic rings. The molecule has 0 heterocycles. The van der Waals surface area contributed by atoms with Gasteiger partial charge in [-0.15, -0.1) is 0 Å². The Morgan fingerprint density at radius 3 is 2.82 bits per heavy atom. The topological polar surface area (TPSA) is 79.9 Å². The number of aliphatic imine (C=N–C) groups is 1. The Bertz CT molecular complexity index is 496. The smallest absolute Gasteiger partial charge is 0.188 e. The summed E-state index contributed by atoms with van der Waals surface area (Å²) in [5, 5.41) is 13.6. The van der Waals surface area contributed by atoms with Gasteiger partial charge in [0.15, 0.2) is 5.96 Å². The van der Waals surface area contributed by atoms with E-state index in [1.807, 2.05) is 0 Å². The van der Waals surface area contributed by atoms with E-state index in [-0.39, 0.29) is 13.2 Å². The van der Waals surface area contributed by atoms with Crippen LogP contribution in [0.3, 0.4) is 0 Å². The van der Waals surface area contributed by atoms with E-state index in [9.17, 15) is 5.11 Å². The van der Waals surface area contributed by atoms with Crippen molar-refractivity contribution < 1.29 is 9.84 Å². The minimum atomic E-state index is -0.777. The summed E-state index contributed by atoms with van der Waals surface area (Å²) in [6.07, 6.45) is 0.232. The van der Waals surface area contributed by atoms with Crippen LogP contribution in [0.15, 0.2) is 23.2 Å². The molecule has 0 fully saturated rings. The Kier molecular flexibility index (Phi) is 8.38. The predicted molar refractivity (Wildman–Crippen MR) is 91.9 cm³/mol. The van der Waals surface area contributed by atoms with Gasteiger partial charge in [-0.3, -0.25) is 4.99 Å². The molecule has 0 saturated heterocycles. The first-order chi connectivity index (χ1) is 10.4. The van der Waals surface area contributed by atoms with Crippen molar-refractivity contribution in [3.63, 3.8) is 0 Å². The maximum atomic E-state index is 9.84. The summed E-state index contributed by atoms with van der Waals surface area (Å²) >= 11 is 11.9. The Morgan fingerprint density at radius 2 is 2.14 bits per heavy atom. The largest absolute Gasteiger partial charge is 0.489 e. The van der Waals surface area contributed by atoms with Crippen molar-refractivity contribution in [1.82, 2.24) is 5.32 Å². The highest BCUT2D eigenvalue weighted by Gasteiger charge is 2.09. The van der Waals surface area contributed by atoms with Crippen molar-refractivity contribution in [3.05, 3.63) is 28.2 Å². The lowest BCUT2D eigenvalue weighted by Crippen LogP contribution is -2.34. The first kappa shape index (κ1) is 18.9. The average Bonchev–Trinajstić information content (AvgIpc) is 2.46. The van der Waals surface area contributed by atoms with Crippen molar-refractivity contribution in [1.29, 1.82) is 0 Å². The van der Waals surface area contributed by atoms with Gasteiger partial charge in [0.2, 0.25) is 0 Å². The van der Waals surface area contributed by atoms with Gasteiger partial charge in [-0.25, -0.2) is 0 Å². The molecule has 1 unspecified atom stereocenters. The lowest BCUT2D eigenvalue weighted by Gasteiger charge is -2.13. The highest BCUT2D eigenvalue weighted by atomic mass is 35.5. The van der Waals surface area contributed by atoms with Gasteiger partial charge < -0.3 is 20.9 Å². The van der Waals surface area contributed by atoms with Gasteiger partial charge in [0.05, 0.1) is 11.6 Å². The SMILES string of the molecule is CC(C)CCNC(N)=NCC(O)COc1cccc(Cl)c1Cl. The number of aliphatic hydroxyl groups is 1.